The van der Waals surface area contributed by atoms with E-state index in [2.05, 4.69) is 24.1 Å². The van der Waals surface area contributed by atoms with Crippen LogP contribution >= 0.6 is 0 Å². The molecule has 4 atom stereocenters. The first-order valence-corrected chi connectivity index (χ1v) is 14.1. The van der Waals surface area contributed by atoms with Gasteiger partial charge in [-0.3, -0.25) is 14.4 Å². The first kappa shape index (κ1) is 26.3. The van der Waals surface area contributed by atoms with Gasteiger partial charge in [0.25, 0.3) is 5.91 Å². The number of carbonyl (C=O) groups excluding carboxylic acids is 3. The maximum Gasteiger partial charge on any atom is 0.251 e. The fourth-order valence-corrected chi connectivity index (χ4v) is 6.73. The lowest BCUT2D eigenvalue weighted by Gasteiger charge is -2.35. The predicted octanol–water partition coefficient (Wildman–Crippen LogP) is 3.47. The summed E-state index contributed by atoms with van der Waals surface area (Å²) in [5.74, 6) is -0.451. The zero-order valence-corrected chi connectivity index (χ0v) is 22.0. The Kier molecular flexibility index (Phi) is 7.96. The van der Waals surface area contributed by atoms with Gasteiger partial charge >= 0.3 is 0 Å². The highest BCUT2D eigenvalue weighted by Gasteiger charge is 2.54. The van der Waals surface area contributed by atoms with Crippen LogP contribution in [0.15, 0.2) is 24.3 Å². The molecule has 8 heteroatoms. The average molecular weight is 514 g/mol. The van der Waals surface area contributed by atoms with E-state index in [1.165, 1.54) is 10.5 Å². The third-order valence-corrected chi connectivity index (χ3v) is 8.98. The van der Waals surface area contributed by atoms with Crippen molar-refractivity contribution in [2.24, 2.45) is 5.92 Å². The molecular weight excluding hydrogens is 473 g/mol. The Morgan fingerprint density at radius 1 is 1.03 bits per heavy atom. The summed E-state index contributed by atoms with van der Waals surface area (Å²) >= 11 is 0. The highest BCUT2D eigenvalue weighted by atomic mass is 19.1. The summed E-state index contributed by atoms with van der Waals surface area (Å²) in [6.07, 6.45) is 4.70. The first-order valence-electron chi connectivity index (χ1n) is 14.1. The number of alkyl halides is 1. The summed E-state index contributed by atoms with van der Waals surface area (Å²) in [6, 6.07) is 6.68. The fraction of sp³-hybridized carbons (Fsp3) is 0.690. The number of fused-ring (bicyclic) bond motifs is 1. The molecule has 1 saturated carbocycles. The second-order valence-corrected chi connectivity index (χ2v) is 11.6. The number of ether oxygens (including phenoxy) is 1. The van der Waals surface area contributed by atoms with Gasteiger partial charge in [0.05, 0.1) is 6.54 Å². The second kappa shape index (κ2) is 11.2. The molecule has 1 aromatic carbocycles. The number of ketones is 1. The van der Waals surface area contributed by atoms with Gasteiger partial charge in [-0.2, -0.15) is 0 Å². The van der Waals surface area contributed by atoms with Gasteiger partial charge in [-0.25, -0.2) is 4.39 Å². The van der Waals surface area contributed by atoms with Crippen molar-refractivity contribution in [1.82, 2.24) is 15.1 Å². The number of halogens is 1. The van der Waals surface area contributed by atoms with Gasteiger partial charge in [0.1, 0.15) is 31.0 Å². The molecule has 2 amide bonds. The van der Waals surface area contributed by atoms with Gasteiger partial charge < -0.3 is 19.9 Å². The van der Waals surface area contributed by atoms with Gasteiger partial charge in [0, 0.05) is 11.6 Å². The Morgan fingerprint density at radius 3 is 2.35 bits per heavy atom. The number of benzene rings is 1. The zero-order valence-electron chi connectivity index (χ0n) is 22.0. The lowest BCUT2D eigenvalue weighted by molar-refractivity contribution is -0.139. The molecule has 3 heterocycles. The van der Waals surface area contributed by atoms with E-state index in [-0.39, 0.29) is 36.7 Å². The van der Waals surface area contributed by atoms with Gasteiger partial charge in [-0.1, -0.05) is 31.4 Å². The van der Waals surface area contributed by atoms with Crippen LogP contribution < -0.4 is 5.32 Å². The van der Waals surface area contributed by atoms with Gasteiger partial charge in [0.15, 0.2) is 5.78 Å². The van der Waals surface area contributed by atoms with Gasteiger partial charge in [-0.15, -0.1) is 0 Å². The van der Waals surface area contributed by atoms with Crippen LogP contribution in [0.3, 0.4) is 0 Å². The van der Waals surface area contributed by atoms with Crippen LogP contribution in [0.5, 0.6) is 0 Å². The normalized spacial score (nSPS) is 28.5. The molecule has 0 aromatic heterocycles. The Hall–Kier alpha value is -2.32. The van der Waals surface area contributed by atoms with Crippen molar-refractivity contribution in [2.45, 2.75) is 95.1 Å². The smallest absolute Gasteiger partial charge is 0.251 e. The van der Waals surface area contributed by atoms with Crippen molar-refractivity contribution in [3.05, 3.63) is 35.4 Å². The largest absolute Gasteiger partial charge is 0.365 e. The number of likely N-dealkylation sites (tertiary alicyclic amines) is 2. The van der Waals surface area contributed by atoms with Crippen LogP contribution in [0, 0.1) is 5.92 Å². The number of hydrogen-bond donors (Lipinski definition) is 1. The number of nitrogens with one attached hydrogen (secondary N) is 1. The van der Waals surface area contributed by atoms with Crippen molar-refractivity contribution in [2.75, 3.05) is 26.2 Å². The quantitative estimate of drug-likeness (QED) is 0.630. The van der Waals surface area contributed by atoms with E-state index < -0.39 is 24.4 Å². The molecule has 7 nitrogen and oxygen atoms in total. The Morgan fingerprint density at radius 2 is 1.70 bits per heavy atom. The minimum absolute atomic E-state index is 0.0230. The molecule has 1 aliphatic carbocycles. The summed E-state index contributed by atoms with van der Waals surface area (Å²) in [7, 11) is 0. The molecule has 0 spiro atoms. The number of Topliss-reactive ketones (excluding diaryl/α,β-unsaturated/α-hetero) is 1. The van der Waals surface area contributed by atoms with Crippen LogP contribution in [0.2, 0.25) is 0 Å². The molecule has 1 aromatic rings. The van der Waals surface area contributed by atoms with E-state index in [0.29, 0.717) is 17.5 Å². The first-order chi connectivity index (χ1) is 17.8. The molecule has 0 radical (unpaired) electrons. The van der Waals surface area contributed by atoms with E-state index in [1.807, 2.05) is 24.3 Å². The second-order valence-electron chi connectivity index (χ2n) is 11.6. The lowest BCUT2D eigenvalue weighted by Crippen LogP contribution is -2.55. The molecule has 3 saturated heterocycles. The van der Waals surface area contributed by atoms with E-state index in [9.17, 15) is 18.8 Å². The number of carbonyl (C=O) groups is 3. The van der Waals surface area contributed by atoms with Gasteiger partial charge in [0.2, 0.25) is 5.91 Å². The molecule has 4 aliphatic rings. The van der Waals surface area contributed by atoms with Crippen molar-refractivity contribution in [3.8, 4) is 0 Å². The molecule has 4 fully saturated rings. The molecule has 202 valence electrons. The summed E-state index contributed by atoms with van der Waals surface area (Å²) in [5.41, 5.74) is 1.76. The number of rotatable bonds is 6. The van der Waals surface area contributed by atoms with Crippen LogP contribution in [0.25, 0.3) is 0 Å². The van der Waals surface area contributed by atoms with Crippen LogP contribution in [-0.4, -0.2) is 84.0 Å². The minimum Gasteiger partial charge on any atom is -0.365 e. The predicted molar refractivity (Wildman–Crippen MR) is 138 cm³/mol. The Bertz CT molecular complexity index is 985. The van der Waals surface area contributed by atoms with Crippen LogP contribution in [0.1, 0.15) is 80.6 Å². The summed E-state index contributed by atoms with van der Waals surface area (Å²) in [5, 5.41) is 3.00. The highest BCUT2D eigenvalue weighted by Crippen LogP contribution is 2.33. The Balaban J connectivity index is 1.28. The third-order valence-electron chi connectivity index (χ3n) is 8.98. The summed E-state index contributed by atoms with van der Waals surface area (Å²) < 4.78 is 19.9. The molecule has 3 aliphatic heterocycles. The summed E-state index contributed by atoms with van der Waals surface area (Å²) in [4.78, 5) is 43.3. The van der Waals surface area contributed by atoms with Gasteiger partial charge in [-0.05, 0) is 82.2 Å². The molecule has 0 unspecified atom stereocenters. The van der Waals surface area contributed by atoms with Crippen molar-refractivity contribution >= 4 is 17.6 Å². The standard InChI is InChI=1S/C29H40FN3O4/c1-18(2)32-14-12-20(13-15-32)19-8-10-22(11-9-19)28(35)31-25(21-6-4-3-5-7-21)29(36)33-16-23(30)27-26(33)24(34)17-37-27/h8-11,18,20-21,23,25-27H,3-7,12-17H2,1-2H3,(H,31,35)/t23-,25-,26+,27+/m0/s1. The molecule has 37 heavy (non-hydrogen) atoms. The molecule has 1 N–H and O–H groups in total. The Labute approximate surface area is 219 Å². The lowest BCUT2D eigenvalue weighted by atomic mass is 9.83. The number of piperidine rings is 1. The molecule has 0 bridgehead atoms. The van der Waals surface area contributed by atoms with E-state index in [1.54, 1.807) is 0 Å². The maximum absolute atomic E-state index is 14.6. The number of amides is 2. The topological polar surface area (TPSA) is 79.0 Å². The minimum atomic E-state index is -1.39. The highest BCUT2D eigenvalue weighted by molar-refractivity contribution is 5.99. The van der Waals surface area contributed by atoms with E-state index in [0.717, 1.165) is 58.0 Å². The average Bonchev–Trinajstić information content (AvgIpc) is 3.47. The zero-order chi connectivity index (χ0) is 26.1. The fourth-order valence-electron chi connectivity index (χ4n) is 6.73. The van der Waals surface area contributed by atoms with E-state index in [4.69, 9.17) is 4.74 Å². The SMILES string of the molecule is CC(C)N1CCC(c2ccc(C(=O)N[C@H](C(=O)N3C[C@H](F)[C@H]4OCC(=O)[C@H]43)C3CCCCC3)cc2)CC1. The molecule has 5 rings (SSSR count). The van der Waals surface area contributed by atoms with Crippen molar-refractivity contribution in [3.63, 3.8) is 0 Å². The third kappa shape index (κ3) is 5.46. The van der Waals surface area contributed by atoms with Crippen molar-refractivity contribution < 1.29 is 23.5 Å². The number of nitrogens with zero attached hydrogens (tertiary/aromatic N) is 2. The van der Waals surface area contributed by atoms with Crippen LogP contribution in [-0.2, 0) is 14.3 Å². The maximum atomic E-state index is 14.6. The summed E-state index contributed by atoms with van der Waals surface area (Å²) in [6.45, 7) is 6.31. The van der Waals surface area contributed by atoms with Crippen molar-refractivity contribution in [1.29, 1.82) is 0 Å². The monoisotopic (exact) mass is 513 g/mol. The van der Waals surface area contributed by atoms with E-state index >= 15 is 0 Å². The molecular formula is C29H40FN3O4. The van der Waals surface area contributed by atoms with Crippen LogP contribution in [0.4, 0.5) is 4.39 Å². The number of hydrogen-bond acceptors (Lipinski definition) is 5.